The van der Waals surface area contributed by atoms with Gasteiger partial charge in [0.2, 0.25) is 0 Å². The Kier molecular flexibility index (Phi) is 24.2. The van der Waals surface area contributed by atoms with Crippen LogP contribution in [0, 0.1) is 0 Å². The molecular formula is H2Fe2O4SZn+6. The van der Waals surface area contributed by atoms with Crippen molar-refractivity contribution in [1.82, 2.24) is 0 Å². The van der Waals surface area contributed by atoms with E-state index in [-0.39, 0.29) is 53.6 Å². The van der Waals surface area contributed by atoms with Crippen LogP contribution >= 0.6 is 0 Å². The van der Waals surface area contributed by atoms with Crippen LogP contribution in [-0.4, -0.2) is 17.5 Å². The maximum Gasteiger partial charge on any atom is 2.00 e. The minimum atomic E-state index is -4.67. The van der Waals surface area contributed by atoms with Crippen LogP contribution in [0.1, 0.15) is 0 Å². The van der Waals surface area contributed by atoms with E-state index in [1.54, 1.807) is 0 Å². The Hall–Kier alpha value is 1.53. The molecule has 0 saturated carbocycles. The van der Waals surface area contributed by atoms with E-state index in [4.69, 9.17) is 17.5 Å². The van der Waals surface area contributed by atoms with Crippen molar-refractivity contribution < 1.29 is 71.1 Å². The van der Waals surface area contributed by atoms with Crippen LogP contribution < -0.4 is 0 Å². The molecule has 0 amide bonds. The second-order valence-electron chi connectivity index (χ2n) is 0.448. The molecule has 0 unspecified atom stereocenters. The summed E-state index contributed by atoms with van der Waals surface area (Å²) in [5, 5.41) is 0. The van der Waals surface area contributed by atoms with E-state index in [0.717, 1.165) is 0 Å². The van der Waals surface area contributed by atoms with Gasteiger partial charge in [0.25, 0.3) is 0 Å². The molecule has 0 spiro atoms. The standard InChI is InChI=1S/2Fe.H2O4S.Zn/c;;1-5(2,3)4;/h;;(H2,1,2,3,4);/q2*+2;;+2. The normalized spacial score (nSPS) is 7.25. The van der Waals surface area contributed by atoms with Crippen LogP contribution in [0.25, 0.3) is 0 Å². The monoisotopic (exact) mass is 274 g/mol. The molecule has 0 aliphatic heterocycles. The third kappa shape index (κ3) is 137. The smallest absolute Gasteiger partial charge is 0.264 e. The molecule has 0 rings (SSSR count). The molecule has 0 heterocycles. The number of hydrogen-bond acceptors (Lipinski definition) is 2. The van der Waals surface area contributed by atoms with E-state index in [0.29, 0.717) is 0 Å². The molecule has 44 valence electrons. The molecule has 0 saturated heterocycles. The summed E-state index contributed by atoms with van der Waals surface area (Å²) < 4.78 is 31.6. The Labute approximate surface area is 81.1 Å². The first-order chi connectivity index (χ1) is 2.00. The van der Waals surface area contributed by atoms with Crippen molar-refractivity contribution in [3.63, 3.8) is 0 Å². The van der Waals surface area contributed by atoms with Crippen molar-refractivity contribution >= 4 is 10.4 Å². The predicted molar refractivity (Wildman–Crippen MR) is 14.2 cm³/mol. The zero-order valence-electron chi connectivity index (χ0n) is 3.53. The molecule has 0 bridgehead atoms. The summed E-state index contributed by atoms with van der Waals surface area (Å²) in [6.45, 7) is 0. The van der Waals surface area contributed by atoms with Gasteiger partial charge in [0.1, 0.15) is 0 Å². The average Bonchev–Trinajstić information content (AvgIpc) is 0.722. The summed E-state index contributed by atoms with van der Waals surface area (Å²) in [5.41, 5.74) is 0. The predicted octanol–water partition coefficient (Wildman–Crippen LogP) is -0.660. The van der Waals surface area contributed by atoms with Gasteiger partial charge in [-0.3, -0.25) is 9.11 Å². The summed E-state index contributed by atoms with van der Waals surface area (Å²) in [6.07, 6.45) is 0. The maximum absolute atomic E-state index is 8.74. The Morgan fingerprint density at radius 2 is 1.00 bits per heavy atom. The fourth-order valence-electron chi connectivity index (χ4n) is 0. The number of hydrogen-bond donors (Lipinski definition) is 2. The quantitative estimate of drug-likeness (QED) is 0.454. The van der Waals surface area contributed by atoms with Crippen molar-refractivity contribution in [2.24, 2.45) is 0 Å². The van der Waals surface area contributed by atoms with Crippen LogP contribution in [0.5, 0.6) is 0 Å². The van der Waals surface area contributed by atoms with Gasteiger partial charge < -0.3 is 0 Å². The largest absolute Gasteiger partial charge is 2.00 e. The van der Waals surface area contributed by atoms with Gasteiger partial charge in [0.15, 0.2) is 0 Å². The molecule has 0 aromatic heterocycles. The minimum Gasteiger partial charge on any atom is -0.264 e. The summed E-state index contributed by atoms with van der Waals surface area (Å²) in [6, 6.07) is 0. The van der Waals surface area contributed by atoms with Crippen molar-refractivity contribution in [2.75, 3.05) is 0 Å². The van der Waals surface area contributed by atoms with Gasteiger partial charge in [-0.1, -0.05) is 0 Å². The van der Waals surface area contributed by atoms with E-state index >= 15 is 0 Å². The second kappa shape index (κ2) is 8.53. The van der Waals surface area contributed by atoms with Gasteiger partial charge in [-0.2, -0.15) is 8.42 Å². The van der Waals surface area contributed by atoms with Crippen molar-refractivity contribution in [1.29, 1.82) is 0 Å². The number of rotatable bonds is 0. The summed E-state index contributed by atoms with van der Waals surface area (Å²) in [4.78, 5) is 0. The Bertz CT molecular complexity index is 97.2. The zero-order chi connectivity index (χ0) is 4.50. The van der Waals surface area contributed by atoms with Crippen LogP contribution in [-0.2, 0) is 64.0 Å². The SMILES string of the molecule is O=S(=O)(O)O.[Fe+2].[Fe+2].[Zn+2]. The van der Waals surface area contributed by atoms with Crippen molar-refractivity contribution in [3.05, 3.63) is 0 Å². The van der Waals surface area contributed by atoms with E-state index in [1.807, 2.05) is 0 Å². The van der Waals surface area contributed by atoms with Crippen molar-refractivity contribution in [2.45, 2.75) is 0 Å². The topological polar surface area (TPSA) is 74.6 Å². The molecule has 4 nitrogen and oxygen atoms in total. The zero-order valence-corrected chi connectivity index (χ0v) is 9.53. The molecular weight excluding hydrogens is 273 g/mol. The van der Waals surface area contributed by atoms with E-state index in [2.05, 4.69) is 0 Å². The van der Waals surface area contributed by atoms with Gasteiger partial charge in [-0.15, -0.1) is 0 Å². The molecule has 8 heavy (non-hydrogen) atoms. The van der Waals surface area contributed by atoms with E-state index in [9.17, 15) is 0 Å². The third-order valence-electron chi connectivity index (χ3n) is 0. The summed E-state index contributed by atoms with van der Waals surface area (Å²) in [5.74, 6) is 0. The van der Waals surface area contributed by atoms with Gasteiger partial charge in [0.05, 0.1) is 0 Å². The molecule has 2 N–H and O–H groups in total. The Morgan fingerprint density at radius 3 is 1.00 bits per heavy atom. The fraction of sp³-hybridized carbons (Fsp3) is 0. The van der Waals surface area contributed by atoms with Crippen LogP contribution in [0.4, 0.5) is 0 Å². The molecule has 0 aromatic carbocycles. The third-order valence-corrected chi connectivity index (χ3v) is 0. The fourth-order valence-corrected chi connectivity index (χ4v) is 0. The van der Waals surface area contributed by atoms with Gasteiger partial charge in [0, 0.05) is 0 Å². The molecule has 8 heteroatoms. The first-order valence-electron chi connectivity index (χ1n) is 0.698. The molecule has 0 aliphatic carbocycles. The Morgan fingerprint density at radius 1 is 1.00 bits per heavy atom. The molecule has 0 aromatic rings. The van der Waals surface area contributed by atoms with E-state index < -0.39 is 10.4 Å². The van der Waals surface area contributed by atoms with Crippen molar-refractivity contribution in [3.8, 4) is 0 Å². The maximum atomic E-state index is 8.74. The van der Waals surface area contributed by atoms with Crippen LogP contribution in [0.15, 0.2) is 0 Å². The van der Waals surface area contributed by atoms with Gasteiger partial charge in [-0.25, -0.2) is 0 Å². The van der Waals surface area contributed by atoms with Crippen LogP contribution in [0.2, 0.25) is 0 Å². The van der Waals surface area contributed by atoms with Crippen LogP contribution in [0.3, 0.4) is 0 Å². The molecule has 0 aliphatic rings. The summed E-state index contributed by atoms with van der Waals surface area (Å²) >= 11 is 0. The second-order valence-corrected chi connectivity index (χ2v) is 1.34. The molecule has 0 radical (unpaired) electrons. The molecule has 0 fully saturated rings. The Balaban J connectivity index is -0.0000000267. The average molecular weight is 275 g/mol. The van der Waals surface area contributed by atoms with Gasteiger partial charge in [-0.05, 0) is 0 Å². The first kappa shape index (κ1) is 22.7. The van der Waals surface area contributed by atoms with Gasteiger partial charge >= 0.3 is 64.0 Å². The summed E-state index contributed by atoms with van der Waals surface area (Å²) in [7, 11) is -4.67. The minimum absolute atomic E-state index is 0. The first-order valence-corrected chi connectivity index (χ1v) is 2.10. The van der Waals surface area contributed by atoms with E-state index in [1.165, 1.54) is 0 Å². The molecule has 0 atom stereocenters.